The van der Waals surface area contributed by atoms with Crippen LogP contribution in [0, 0.1) is 0 Å². The Morgan fingerprint density at radius 3 is 2.73 bits per heavy atom. The second-order valence-electron chi connectivity index (χ2n) is 3.26. The van der Waals surface area contributed by atoms with Crippen molar-refractivity contribution in [2.75, 3.05) is 13.7 Å². The Morgan fingerprint density at radius 1 is 1.53 bits per heavy atom. The average Bonchev–Trinajstić information content (AvgIpc) is 2.21. The number of nitrogens with two attached hydrogens (primary N) is 1. The number of aliphatic carboxylic acids is 1. The molecule has 1 atom stereocenters. The van der Waals surface area contributed by atoms with Gasteiger partial charge >= 0.3 is 5.97 Å². The van der Waals surface area contributed by atoms with Crippen LogP contribution in [0.3, 0.4) is 0 Å². The molecule has 0 amide bonds. The molecule has 0 heterocycles. The van der Waals surface area contributed by atoms with Crippen LogP contribution in [0.4, 0.5) is 0 Å². The lowest BCUT2D eigenvalue weighted by Gasteiger charge is -2.14. The number of carboxylic acid groups (broad SMARTS) is 1. The molecule has 0 aliphatic rings. The number of carboxylic acids is 1. The van der Waals surface area contributed by atoms with E-state index in [-0.39, 0.29) is 6.54 Å². The first-order valence-corrected chi connectivity index (χ1v) is 4.70. The molecule has 4 nitrogen and oxygen atoms in total. The zero-order valence-electron chi connectivity index (χ0n) is 8.64. The molecule has 0 spiro atoms. The van der Waals surface area contributed by atoms with E-state index in [1.54, 1.807) is 19.2 Å². The normalized spacial score (nSPS) is 12.4. The average molecular weight is 209 g/mol. The molecular formula is C11H15NO3. The van der Waals surface area contributed by atoms with Crippen molar-refractivity contribution in [1.82, 2.24) is 0 Å². The fourth-order valence-electron chi connectivity index (χ4n) is 1.52. The summed E-state index contributed by atoms with van der Waals surface area (Å²) < 4.78 is 5.01. The maximum atomic E-state index is 11.0. The lowest BCUT2D eigenvalue weighted by molar-refractivity contribution is -0.138. The molecule has 0 aromatic heterocycles. The highest BCUT2D eigenvalue weighted by Crippen LogP contribution is 2.20. The molecule has 0 aliphatic heterocycles. The Morgan fingerprint density at radius 2 is 2.20 bits per heavy atom. The van der Waals surface area contributed by atoms with Crippen molar-refractivity contribution < 1.29 is 14.6 Å². The zero-order valence-corrected chi connectivity index (χ0v) is 8.64. The van der Waals surface area contributed by atoms with Crippen molar-refractivity contribution in [3.05, 3.63) is 35.4 Å². The summed E-state index contributed by atoms with van der Waals surface area (Å²) in [6.45, 7) is 0.496. The van der Waals surface area contributed by atoms with E-state index in [0.717, 1.165) is 11.1 Å². The van der Waals surface area contributed by atoms with Crippen molar-refractivity contribution in [2.24, 2.45) is 5.73 Å². The second-order valence-corrected chi connectivity index (χ2v) is 3.26. The first-order valence-electron chi connectivity index (χ1n) is 4.70. The third-order valence-electron chi connectivity index (χ3n) is 2.26. The Bertz CT molecular complexity index is 338. The predicted octanol–water partition coefficient (Wildman–Crippen LogP) is 0.960. The van der Waals surface area contributed by atoms with E-state index in [9.17, 15) is 4.79 Å². The number of carbonyl (C=O) groups is 1. The summed E-state index contributed by atoms with van der Waals surface area (Å²) in [4.78, 5) is 11.0. The minimum atomic E-state index is -0.902. The van der Waals surface area contributed by atoms with Crippen molar-refractivity contribution in [3.63, 3.8) is 0 Å². The molecule has 1 rings (SSSR count). The predicted molar refractivity (Wildman–Crippen MR) is 56.6 cm³/mol. The van der Waals surface area contributed by atoms with Gasteiger partial charge in [0.05, 0.1) is 12.5 Å². The van der Waals surface area contributed by atoms with Crippen LogP contribution in [0.5, 0.6) is 0 Å². The lowest BCUT2D eigenvalue weighted by atomic mass is 9.94. The van der Waals surface area contributed by atoms with Gasteiger partial charge in [0.1, 0.15) is 0 Å². The Labute approximate surface area is 88.7 Å². The first-order chi connectivity index (χ1) is 7.20. The van der Waals surface area contributed by atoms with E-state index in [1.165, 1.54) is 0 Å². The molecule has 0 bridgehead atoms. The minimum absolute atomic E-state index is 0.0933. The van der Waals surface area contributed by atoms with E-state index in [0.29, 0.717) is 6.61 Å². The highest BCUT2D eigenvalue weighted by Gasteiger charge is 2.20. The SMILES string of the molecule is COCc1ccccc1C(CN)C(=O)O. The Balaban J connectivity index is 3.04. The van der Waals surface area contributed by atoms with E-state index in [2.05, 4.69) is 0 Å². The standard InChI is InChI=1S/C11H15NO3/c1-15-7-8-4-2-3-5-9(8)10(6-12)11(13)14/h2-5,10H,6-7,12H2,1H3,(H,13,14). The number of rotatable bonds is 5. The molecule has 0 saturated carbocycles. The van der Waals surface area contributed by atoms with Crippen LogP contribution in [0.15, 0.2) is 24.3 Å². The van der Waals surface area contributed by atoms with Crippen molar-refractivity contribution in [2.45, 2.75) is 12.5 Å². The summed E-state index contributed by atoms with van der Waals surface area (Å²) in [5.41, 5.74) is 7.05. The smallest absolute Gasteiger partial charge is 0.312 e. The number of hydrogen-bond donors (Lipinski definition) is 2. The summed E-state index contributed by atoms with van der Waals surface area (Å²) in [7, 11) is 1.58. The summed E-state index contributed by atoms with van der Waals surface area (Å²) in [6, 6.07) is 7.29. The van der Waals surface area contributed by atoms with Gasteiger partial charge in [0, 0.05) is 13.7 Å². The van der Waals surface area contributed by atoms with Crippen LogP contribution in [-0.2, 0) is 16.1 Å². The molecule has 0 aliphatic carbocycles. The van der Waals surface area contributed by atoms with E-state index in [4.69, 9.17) is 15.6 Å². The fourth-order valence-corrected chi connectivity index (χ4v) is 1.52. The molecular weight excluding hydrogens is 194 g/mol. The van der Waals surface area contributed by atoms with Gasteiger partial charge in [0.2, 0.25) is 0 Å². The summed E-state index contributed by atoms with van der Waals surface area (Å²) in [5, 5.41) is 9.00. The van der Waals surface area contributed by atoms with Crippen molar-refractivity contribution >= 4 is 5.97 Å². The third kappa shape index (κ3) is 2.78. The quantitative estimate of drug-likeness (QED) is 0.757. The minimum Gasteiger partial charge on any atom is -0.481 e. The number of ether oxygens (including phenoxy) is 1. The highest BCUT2D eigenvalue weighted by molar-refractivity contribution is 5.76. The fraction of sp³-hybridized carbons (Fsp3) is 0.364. The van der Waals surface area contributed by atoms with Gasteiger partial charge in [-0.1, -0.05) is 24.3 Å². The molecule has 1 aromatic rings. The second kappa shape index (κ2) is 5.48. The van der Waals surface area contributed by atoms with Gasteiger partial charge < -0.3 is 15.6 Å². The first kappa shape index (κ1) is 11.7. The van der Waals surface area contributed by atoms with Crippen LogP contribution in [0.1, 0.15) is 17.0 Å². The van der Waals surface area contributed by atoms with Crippen molar-refractivity contribution in [1.29, 1.82) is 0 Å². The van der Waals surface area contributed by atoms with Crippen LogP contribution in [0.25, 0.3) is 0 Å². The topological polar surface area (TPSA) is 72.5 Å². The lowest BCUT2D eigenvalue weighted by Crippen LogP contribution is -2.22. The van der Waals surface area contributed by atoms with E-state index in [1.807, 2.05) is 12.1 Å². The molecule has 1 unspecified atom stereocenters. The molecule has 3 N–H and O–H groups in total. The van der Waals surface area contributed by atoms with Gasteiger partial charge in [-0.05, 0) is 11.1 Å². The van der Waals surface area contributed by atoms with Crippen LogP contribution in [0.2, 0.25) is 0 Å². The summed E-state index contributed by atoms with van der Waals surface area (Å²) >= 11 is 0. The van der Waals surface area contributed by atoms with Gasteiger partial charge in [-0.25, -0.2) is 0 Å². The number of methoxy groups -OCH3 is 1. The molecule has 0 fully saturated rings. The largest absolute Gasteiger partial charge is 0.481 e. The van der Waals surface area contributed by atoms with E-state index >= 15 is 0 Å². The van der Waals surface area contributed by atoms with Gasteiger partial charge in [0.15, 0.2) is 0 Å². The summed E-state index contributed by atoms with van der Waals surface area (Å²) in [6.07, 6.45) is 0. The maximum absolute atomic E-state index is 11.0. The van der Waals surface area contributed by atoms with Crippen LogP contribution < -0.4 is 5.73 Å². The molecule has 1 aromatic carbocycles. The maximum Gasteiger partial charge on any atom is 0.312 e. The van der Waals surface area contributed by atoms with Crippen molar-refractivity contribution in [3.8, 4) is 0 Å². The molecule has 0 radical (unpaired) electrons. The van der Waals surface area contributed by atoms with Gasteiger partial charge in [-0.2, -0.15) is 0 Å². The van der Waals surface area contributed by atoms with Gasteiger partial charge in [-0.15, -0.1) is 0 Å². The molecule has 0 saturated heterocycles. The molecule has 4 heteroatoms. The Kier molecular flexibility index (Phi) is 4.27. The van der Waals surface area contributed by atoms with Crippen LogP contribution in [-0.4, -0.2) is 24.7 Å². The third-order valence-corrected chi connectivity index (χ3v) is 2.26. The van der Waals surface area contributed by atoms with Gasteiger partial charge in [-0.3, -0.25) is 4.79 Å². The van der Waals surface area contributed by atoms with E-state index < -0.39 is 11.9 Å². The number of hydrogen-bond acceptors (Lipinski definition) is 3. The Hall–Kier alpha value is -1.39. The van der Waals surface area contributed by atoms with Gasteiger partial charge in [0.25, 0.3) is 0 Å². The zero-order chi connectivity index (χ0) is 11.3. The number of benzene rings is 1. The van der Waals surface area contributed by atoms with Crippen LogP contribution >= 0.6 is 0 Å². The summed E-state index contributed by atoms with van der Waals surface area (Å²) in [5.74, 6) is -1.56. The monoisotopic (exact) mass is 209 g/mol. The molecule has 15 heavy (non-hydrogen) atoms. The highest BCUT2D eigenvalue weighted by atomic mass is 16.5. The molecule has 82 valence electrons.